The zero-order chi connectivity index (χ0) is 42.2. The molecule has 1 aliphatic heterocycles. The maximum atomic E-state index is 13.2. The summed E-state index contributed by atoms with van der Waals surface area (Å²) in [6.45, 7) is -2.41. The molecule has 0 spiro atoms. The number of carbonyl (C=O) groups excluding carboxylic acids is 4. The number of aryl methyl sites for hydroxylation is 2. The molecule has 4 amide bonds. The summed E-state index contributed by atoms with van der Waals surface area (Å²) in [5, 5.41) is 23.6. The highest BCUT2D eigenvalue weighted by Gasteiger charge is 2.38. The van der Waals surface area contributed by atoms with E-state index in [1.165, 1.54) is 12.0 Å². The minimum absolute atomic E-state index is 0.0188. The molecule has 1 fully saturated rings. The summed E-state index contributed by atoms with van der Waals surface area (Å²) in [6.07, 6.45) is 3.54. The maximum absolute atomic E-state index is 13.2. The van der Waals surface area contributed by atoms with Gasteiger partial charge in [-0.2, -0.15) is 0 Å². The summed E-state index contributed by atoms with van der Waals surface area (Å²) in [4.78, 5) is 71.5. The molecule has 6 atom stereocenters. The number of hydrogen-bond acceptors (Lipinski definition) is 14. The second-order valence-electron chi connectivity index (χ2n) is 14.0. The summed E-state index contributed by atoms with van der Waals surface area (Å²) < 4.78 is 22.8. The number of benzene rings is 1. The number of aliphatic hydroxyl groups excluding tert-OH is 1. The highest BCUT2D eigenvalue weighted by Crippen LogP contribution is 2.46. The maximum Gasteiger partial charge on any atom is 0.326 e. The van der Waals surface area contributed by atoms with Crippen molar-refractivity contribution in [2.24, 2.45) is 23.3 Å². The number of β-amino-alcohol motifs (C(OH)–C–C–N with tert-alkyl or cyclic N) is 1. The topological polar surface area (TPSA) is 276 Å². The van der Waals surface area contributed by atoms with Gasteiger partial charge in [0.1, 0.15) is 6.23 Å². The Kier molecular flexibility index (Phi) is 20.2. The molecule has 0 bridgehead atoms. The quantitative estimate of drug-likeness (QED) is 0.0528. The van der Waals surface area contributed by atoms with Gasteiger partial charge in [0, 0.05) is 63.8 Å². The molecule has 2 aromatic rings. The van der Waals surface area contributed by atoms with Crippen LogP contribution in [-0.4, -0.2) is 104 Å². The number of likely N-dealkylation sites (tertiary alicyclic amines) is 1. The fraction of sp³-hybridized carbons (Fsp3) is 0.647. The molecule has 0 radical (unpaired) electrons. The first-order valence-electron chi connectivity index (χ1n) is 18.6. The Bertz CT molecular complexity index is 1720. The summed E-state index contributed by atoms with van der Waals surface area (Å²) >= 11 is 10.0. The van der Waals surface area contributed by atoms with Crippen LogP contribution in [0.5, 0.6) is 0 Å². The van der Waals surface area contributed by atoms with Gasteiger partial charge in [0.15, 0.2) is 5.78 Å². The third kappa shape index (κ3) is 17.9. The van der Waals surface area contributed by atoms with Gasteiger partial charge in [-0.05, 0) is 85.8 Å². The largest absolute Gasteiger partial charge is 0.391 e. The van der Waals surface area contributed by atoms with E-state index in [4.69, 9.17) is 53.2 Å². The van der Waals surface area contributed by atoms with Crippen molar-refractivity contribution in [2.75, 3.05) is 32.1 Å². The Hall–Kier alpha value is -2.78. The molecule has 3 rings (SSSR count). The smallest absolute Gasteiger partial charge is 0.326 e. The van der Waals surface area contributed by atoms with Gasteiger partial charge in [0.05, 0.1) is 31.1 Å². The first kappa shape index (κ1) is 48.6. The van der Waals surface area contributed by atoms with Crippen LogP contribution in [0.1, 0.15) is 76.5 Å². The van der Waals surface area contributed by atoms with Crippen LogP contribution < -0.4 is 22.1 Å². The van der Waals surface area contributed by atoms with Crippen molar-refractivity contribution in [1.29, 1.82) is 0 Å². The number of anilines is 1. The number of hydrogen-bond donors (Lipinski definition) is 7. The normalized spacial score (nSPS) is 18.8. The molecule has 1 aromatic carbocycles. The van der Waals surface area contributed by atoms with Gasteiger partial charge in [-0.15, -0.1) is 5.10 Å². The molecular weight excluding hydrogens is 823 g/mol. The van der Waals surface area contributed by atoms with Crippen LogP contribution in [0.25, 0.3) is 0 Å². The van der Waals surface area contributed by atoms with E-state index >= 15 is 0 Å². The van der Waals surface area contributed by atoms with Crippen molar-refractivity contribution < 1.29 is 52.2 Å². The first-order valence-corrected chi connectivity index (χ1v) is 23.8. The minimum Gasteiger partial charge on any atom is -0.391 e. The molecule has 0 aliphatic carbocycles. The van der Waals surface area contributed by atoms with E-state index in [2.05, 4.69) is 20.9 Å². The molecule has 3 unspecified atom stereocenters. The molecule has 57 heavy (non-hydrogen) atoms. The van der Waals surface area contributed by atoms with Crippen molar-refractivity contribution in [2.45, 2.75) is 103 Å². The van der Waals surface area contributed by atoms with E-state index in [1.807, 2.05) is 13.8 Å². The molecule has 2 heterocycles. The Morgan fingerprint density at radius 1 is 1.05 bits per heavy atom. The van der Waals surface area contributed by atoms with Crippen LogP contribution in [0.3, 0.4) is 0 Å². The van der Waals surface area contributed by atoms with E-state index < -0.39 is 43.8 Å². The number of nitrogens with two attached hydrogens (primary N) is 2. The van der Waals surface area contributed by atoms with Crippen LogP contribution in [-0.2, 0) is 75.7 Å². The average molecular weight is 879 g/mol. The van der Waals surface area contributed by atoms with Crippen LogP contribution in [0.4, 0.5) is 10.5 Å². The van der Waals surface area contributed by atoms with Crippen LogP contribution >= 0.6 is 13.4 Å². The molecule has 0 saturated carbocycles. The number of nitrogens with one attached hydrogen (secondary N) is 2. The molecule has 23 heteroatoms. The molecular formula is C34H56N8O11P2S2. The third-order valence-electron chi connectivity index (χ3n) is 9.03. The summed E-state index contributed by atoms with van der Waals surface area (Å²) in [7, 11) is 1.22. The van der Waals surface area contributed by atoms with E-state index in [-0.39, 0.29) is 69.1 Å². The number of amides is 4. The molecule has 9 N–H and O–H groups in total. The van der Waals surface area contributed by atoms with E-state index in [0.717, 1.165) is 5.69 Å². The van der Waals surface area contributed by atoms with Gasteiger partial charge in [0.25, 0.3) is 0 Å². The first-order chi connectivity index (χ1) is 26.9. The number of aromatic nitrogens is 3. The zero-order valence-corrected chi connectivity index (χ0v) is 35.9. The number of nitrogens with zero attached hydrogens (tertiary/aromatic N) is 4. The summed E-state index contributed by atoms with van der Waals surface area (Å²) in [6, 6.07) is 5.40. The lowest BCUT2D eigenvalue weighted by Gasteiger charge is -2.26. The second-order valence-corrected chi connectivity index (χ2v) is 19.7. The molecule has 1 aliphatic rings. The van der Waals surface area contributed by atoms with E-state index in [1.54, 1.807) is 35.1 Å². The zero-order valence-electron chi connectivity index (χ0n) is 32.4. The lowest BCUT2D eigenvalue weighted by Crippen LogP contribution is -2.38. The van der Waals surface area contributed by atoms with Gasteiger partial charge in [0.2, 0.25) is 11.8 Å². The van der Waals surface area contributed by atoms with Crippen molar-refractivity contribution in [3.8, 4) is 0 Å². The minimum atomic E-state index is -3.53. The Morgan fingerprint density at radius 2 is 1.77 bits per heavy atom. The Balaban J connectivity index is 1.35. The standard InChI is InChI=1S/C34H56N8O11P2S2/c1-23(2)32(35)29(44)18-25(8-6-15-37-34(36)47)33(46)38-26-13-11-24(12-14-26)22-52-55(49,57)51-17-5-4-9-27-20-41(40-39-27)16-7-10-30(45)42-21-28(43)19-31(42)53-54(48,56)50-3/h11-14,20,23,25,28,31-32,43H,4-10,15-19,21-22,35H2,1-3H3,(H,38,46)(H,48,56)(H,49,57)(H3,36,37,47)/t25-,28?,31+,32+,54?,55?/m1/s1. The van der Waals surface area contributed by atoms with Gasteiger partial charge >= 0.3 is 19.5 Å². The number of primary amides is 1. The highest BCUT2D eigenvalue weighted by atomic mass is 32.5. The summed E-state index contributed by atoms with van der Waals surface area (Å²) in [5.41, 5.74) is 13.1. The van der Waals surface area contributed by atoms with Crippen molar-refractivity contribution in [1.82, 2.24) is 25.2 Å². The predicted octanol–water partition coefficient (Wildman–Crippen LogP) is 2.58. The monoisotopic (exact) mass is 878 g/mol. The number of ketones is 1. The molecule has 320 valence electrons. The van der Waals surface area contributed by atoms with Gasteiger partial charge in [-0.3, -0.25) is 23.6 Å². The van der Waals surface area contributed by atoms with Crippen molar-refractivity contribution >= 4 is 66.4 Å². The number of rotatable bonds is 26. The van der Waals surface area contributed by atoms with Crippen LogP contribution in [0, 0.1) is 11.8 Å². The lowest BCUT2D eigenvalue weighted by atomic mass is 9.90. The number of aliphatic hydroxyl groups is 1. The fourth-order valence-electron chi connectivity index (χ4n) is 5.78. The van der Waals surface area contributed by atoms with E-state index in [9.17, 15) is 34.1 Å². The number of Topliss-reactive ketones (excluding diaryl/α,β-unsaturated/α-hetero) is 1. The fourth-order valence-corrected chi connectivity index (χ4v) is 7.80. The third-order valence-corrected chi connectivity index (χ3v) is 12.3. The number of urea groups is 1. The molecule has 1 saturated heterocycles. The molecule has 1 aromatic heterocycles. The number of unbranched alkanes of at least 4 members (excludes halogenated alkanes) is 1. The highest BCUT2D eigenvalue weighted by molar-refractivity contribution is 8.07. The molecule has 19 nitrogen and oxygen atoms in total. The van der Waals surface area contributed by atoms with Crippen LogP contribution in [0.2, 0.25) is 0 Å². The Morgan fingerprint density at radius 3 is 2.44 bits per heavy atom. The average Bonchev–Trinajstić information content (AvgIpc) is 3.76. The van der Waals surface area contributed by atoms with Gasteiger partial charge in [-0.25, -0.2) is 4.79 Å². The Labute approximate surface area is 343 Å². The van der Waals surface area contributed by atoms with E-state index in [0.29, 0.717) is 56.3 Å². The summed E-state index contributed by atoms with van der Waals surface area (Å²) in [5.74, 6) is -1.55. The van der Waals surface area contributed by atoms with Crippen LogP contribution in [0.15, 0.2) is 30.5 Å². The number of carbonyl (C=O) groups is 4. The van der Waals surface area contributed by atoms with Crippen molar-refractivity contribution in [3.05, 3.63) is 41.7 Å². The second kappa shape index (κ2) is 23.7. The SMILES string of the molecule is COP(O)(=S)O[C@H]1CC(O)CN1C(=O)CCCn1cc(CCCCOP(O)(=S)OCc2ccc(NC(=O)[C@H](CCCNC(N)=O)CC(=O)[C@@H](N)C(C)C)cc2)nn1. The lowest BCUT2D eigenvalue weighted by molar-refractivity contribution is -0.137. The predicted molar refractivity (Wildman–Crippen MR) is 218 cm³/mol. The van der Waals surface area contributed by atoms with Gasteiger partial charge in [-0.1, -0.05) is 31.2 Å². The van der Waals surface area contributed by atoms with Gasteiger partial charge < -0.3 is 55.5 Å². The van der Waals surface area contributed by atoms with Crippen molar-refractivity contribution in [3.63, 3.8) is 0 Å².